The van der Waals surface area contributed by atoms with Crippen LogP contribution in [0.2, 0.25) is 0 Å². The van der Waals surface area contributed by atoms with Gasteiger partial charge in [0.15, 0.2) is 5.78 Å². The zero-order valence-electron chi connectivity index (χ0n) is 16.0. The van der Waals surface area contributed by atoms with E-state index in [1.165, 1.54) is 7.11 Å². The summed E-state index contributed by atoms with van der Waals surface area (Å²) >= 11 is 0. The molecule has 2 amide bonds. The lowest BCUT2D eigenvalue weighted by molar-refractivity contribution is 0.0919. The third-order valence-corrected chi connectivity index (χ3v) is 4.15. The maximum Gasteiger partial charge on any atom is 0.425 e. The number of methoxy groups -OCH3 is 1. The molecular weight excluding hydrogens is 344 g/mol. The van der Waals surface area contributed by atoms with E-state index in [-0.39, 0.29) is 17.6 Å². The van der Waals surface area contributed by atoms with Crippen molar-refractivity contribution in [3.63, 3.8) is 0 Å². The van der Waals surface area contributed by atoms with Gasteiger partial charge >= 0.3 is 6.09 Å². The Bertz CT molecular complexity index is 836. The molecule has 6 heteroatoms. The summed E-state index contributed by atoms with van der Waals surface area (Å²) < 4.78 is 4.40. The molecule has 0 atom stereocenters. The van der Waals surface area contributed by atoms with Crippen molar-refractivity contribution in [3.8, 4) is 0 Å². The summed E-state index contributed by atoms with van der Waals surface area (Å²) in [6.07, 6.45) is -0.702. The van der Waals surface area contributed by atoms with Crippen LogP contribution in [-0.2, 0) is 16.6 Å². The monoisotopic (exact) mass is 368 g/mol. The summed E-state index contributed by atoms with van der Waals surface area (Å²) in [6.45, 7) is 6.34. The van der Waals surface area contributed by atoms with E-state index in [0.29, 0.717) is 16.7 Å². The zero-order chi connectivity index (χ0) is 20.0. The molecule has 0 aliphatic carbocycles. The van der Waals surface area contributed by atoms with Crippen LogP contribution in [0.5, 0.6) is 0 Å². The summed E-state index contributed by atoms with van der Waals surface area (Å²) in [5.74, 6) is -0.608. The van der Waals surface area contributed by atoms with Gasteiger partial charge in [-0.3, -0.25) is 15.0 Å². The van der Waals surface area contributed by atoms with Crippen LogP contribution < -0.4 is 10.9 Å². The minimum atomic E-state index is -0.782. The van der Waals surface area contributed by atoms with Crippen molar-refractivity contribution in [1.82, 2.24) is 10.9 Å². The van der Waals surface area contributed by atoms with Crippen LogP contribution in [0.15, 0.2) is 48.5 Å². The molecule has 2 aromatic rings. The van der Waals surface area contributed by atoms with Gasteiger partial charge in [-0.05, 0) is 22.6 Å². The average molecular weight is 368 g/mol. The molecule has 6 nitrogen and oxygen atoms in total. The molecule has 0 saturated carbocycles. The molecule has 0 heterocycles. The van der Waals surface area contributed by atoms with E-state index in [2.05, 4.69) is 36.4 Å². The molecule has 0 aromatic heterocycles. The predicted molar refractivity (Wildman–Crippen MR) is 103 cm³/mol. The number of hydrogen-bond acceptors (Lipinski definition) is 4. The van der Waals surface area contributed by atoms with Crippen molar-refractivity contribution >= 4 is 17.8 Å². The van der Waals surface area contributed by atoms with E-state index >= 15 is 0 Å². The molecule has 0 bridgehead atoms. The molecule has 0 radical (unpaired) electrons. The van der Waals surface area contributed by atoms with Crippen LogP contribution >= 0.6 is 0 Å². The minimum absolute atomic E-state index is 0.0128. The molecular formula is C21H24N2O4. The smallest absolute Gasteiger partial charge is 0.425 e. The summed E-state index contributed by atoms with van der Waals surface area (Å²) in [5, 5.41) is 0. The first-order valence-corrected chi connectivity index (χ1v) is 8.58. The Morgan fingerprint density at radius 2 is 1.56 bits per heavy atom. The Morgan fingerprint density at radius 3 is 2.15 bits per heavy atom. The molecule has 142 valence electrons. The standard InChI is InChI=1S/C21H24N2O4/c1-21(2,3)16-11-9-14(10-12-16)18(24)13-15-7-5-6-8-17(15)19(25)22-23-20(26)27-4/h5-12H,13H2,1-4H3,(H,22,25)(H,23,26). The van der Waals surface area contributed by atoms with Gasteiger partial charge in [0.25, 0.3) is 5.91 Å². The van der Waals surface area contributed by atoms with Crippen molar-refractivity contribution in [2.75, 3.05) is 7.11 Å². The van der Waals surface area contributed by atoms with Crippen LogP contribution in [0.1, 0.15) is 52.6 Å². The second kappa shape index (κ2) is 8.49. The highest BCUT2D eigenvalue weighted by atomic mass is 16.5. The maximum absolute atomic E-state index is 12.6. The molecule has 0 spiro atoms. The van der Waals surface area contributed by atoms with Gasteiger partial charge in [-0.2, -0.15) is 0 Å². The number of hydrazine groups is 1. The lowest BCUT2D eigenvalue weighted by atomic mass is 9.86. The molecule has 2 N–H and O–H groups in total. The maximum atomic E-state index is 12.6. The van der Waals surface area contributed by atoms with Gasteiger partial charge < -0.3 is 4.74 Å². The van der Waals surface area contributed by atoms with Crippen molar-refractivity contribution in [2.45, 2.75) is 32.6 Å². The lowest BCUT2D eigenvalue weighted by Crippen LogP contribution is -2.41. The molecule has 27 heavy (non-hydrogen) atoms. The van der Waals surface area contributed by atoms with Crippen LogP contribution in [0.3, 0.4) is 0 Å². The molecule has 2 rings (SSSR count). The Kier molecular flexibility index (Phi) is 6.34. The SMILES string of the molecule is COC(=O)NNC(=O)c1ccccc1CC(=O)c1ccc(C(C)(C)C)cc1. The number of rotatable bonds is 4. The average Bonchev–Trinajstić information content (AvgIpc) is 2.65. The van der Waals surface area contributed by atoms with Crippen molar-refractivity contribution in [1.29, 1.82) is 0 Å². The largest absolute Gasteiger partial charge is 0.452 e. The number of carbonyl (C=O) groups excluding carboxylic acids is 3. The normalized spacial score (nSPS) is 10.8. The van der Waals surface area contributed by atoms with Gasteiger partial charge in [0.05, 0.1) is 7.11 Å². The number of ether oxygens (including phenoxy) is 1. The number of Topliss-reactive ketones (excluding diaryl/α,β-unsaturated/α-hetero) is 1. The molecule has 0 saturated heterocycles. The van der Waals surface area contributed by atoms with Crippen molar-refractivity contribution < 1.29 is 19.1 Å². The van der Waals surface area contributed by atoms with Crippen LogP contribution in [0.4, 0.5) is 4.79 Å². The number of amides is 2. The van der Waals surface area contributed by atoms with E-state index in [4.69, 9.17) is 0 Å². The molecule has 0 unspecified atom stereocenters. The van der Waals surface area contributed by atoms with Gasteiger partial charge in [0.1, 0.15) is 0 Å². The quantitative estimate of drug-likeness (QED) is 0.640. The highest BCUT2D eigenvalue weighted by Gasteiger charge is 2.17. The molecule has 0 aliphatic rings. The molecule has 0 fully saturated rings. The fourth-order valence-electron chi connectivity index (χ4n) is 2.55. The topological polar surface area (TPSA) is 84.5 Å². The van der Waals surface area contributed by atoms with Gasteiger partial charge in [-0.25, -0.2) is 10.2 Å². The van der Waals surface area contributed by atoms with Gasteiger partial charge in [-0.15, -0.1) is 0 Å². The van der Waals surface area contributed by atoms with Gasteiger partial charge in [-0.1, -0.05) is 63.2 Å². The molecule has 0 aliphatic heterocycles. The third kappa shape index (κ3) is 5.41. The number of ketones is 1. The number of hydrogen-bond donors (Lipinski definition) is 2. The predicted octanol–water partition coefficient (Wildman–Crippen LogP) is 3.41. The Morgan fingerprint density at radius 1 is 0.926 bits per heavy atom. The Labute approximate surface area is 158 Å². The highest BCUT2D eigenvalue weighted by Crippen LogP contribution is 2.22. The number of benzene rings is 2. The van der Waals surface area contributed by atoms with Crippen molar-refractivity contribution in [2.24, 2.45) is 0 Å². The summed E-state index contributed by atoms with van der Waals surface area (Å²) in [6, 6.07) is 14.3. The first-order chi connectivity index (χ1) is 12.7. The first kappa shape index (κ1) is 20.2. The van der Waals surface area contributed by atoms with Crippen LogP contribution in [0, 0.1) is 0 Å². The summed E-state index contributed by atoms with van der Waals surface area (Å²) in [7, 11) is 1.19. The van der Waals surface area contributed by atoms with Gasteiger partial charge in [0.2, 0.25) is 0 Å². The van der Waals surface area contributed by atoms with E-state index in [9.17, 15) is 14.4 Å². The first-order valence-electron chi connectivity index (χ1n) is 8.58. The van der Waals surface area contributed by atoms with Crippen LogP contribution in [0.25, 0.3) is 0 Å². The van der Waals surface area contributed by atoms with E-state index in [1.807, 2.05) is 24.3 Å². The second-order valence-corrected chi connectivity index (χ2v) is 7.16. The number of carbonyl (C=O) groups is 3. The van der Waals surface area contributed by atoms with Crippen molar-refractivity contribution in [3.05, 3.63) is 70.8 Å². The lowest BCUT2D eigenvalue weighted by Gasteiger charge is -2.19. The minimum Gasteiger partial charge on any atom is -0.452 e. The third-order valence-electron chi connectivity index (χ3n) is 4.15. The fraction of sp³-hybridized carbons (Fsp3) is 0.286. The fourth-order valence-corrected chi connectivity index (χ4v) is 2.55. The number of nitrogens with one attached hydrogen (secondary N) is 2. The zero-order valence-corrected chi connectivity index (χ0v) is 16.0. The Balaban J connectivity index is 2.14. The summed E-state index contributed by atoms with van der Waals surface area (Å²) in [4.78, 5) is 36.0. The van der Waals surface area contributed by atoms with E-state index < -0.39 is 12.0 Å². The van der Waals surface area contributed by atoms with Gasteiger partial charge in [0, 0.05) is 17.5 Å². The Hall–Kier alpha value is -3.15. The second-order valence-electron chi connectivity index (χ2n) is 7.16. The highest BCUT2D eigenvalue weighted by molar-refractivity contribution is 6.01. The molecule has 2 aromatic carbocycles. The van der Waals surface area contributed by atoms with Crippen LogP contribution in [-0.4, -0.2) is 24.9 Å². The van der Waals surface area contributed by atoms with E-state index in [0.717, 1.165) is 5.56 Å². The van der Waals surface area contributed by atoms with E-state index in [1.54, 1.807) is 24.3 Å². The summed E-state index contributed by atoms with van der Waals surface area (Å²) in [5.41, 5.74) is 7.01.